The molecule has 2 fully saturated rings. The molecule has 0 aliphatic carbocycles. The van der Waals surface area contributed by atoms with Crippen molar-refractivity contribution >= 4 is 23.0 Å². The number of rotatable bonds is 3. The normalized spacial score (nSPS) is 19.2. The summed E-state index contributed by atoms with van der Waals surface area (Å²) in [5.74, 6) is 1.68. The molecule has 0 unspecified atom stereocenters. The quantitative estimate of drug-likeness (QED) is 0.882. The lowest BCUT2D eigenvalue weighted by molar-refractivity contribution is -0.138. The van der Waals surface area contributed by atoms with Gasteiger partial charge in [0.05, 0.1) is 17.6 Å². The third kappa shape index (κ3) is 3.84. The van der Waals surface area contributed by atoms with Gasteiger partial charge >= 0.3 is 6.09 Å². The maximum Gasteiger partial charge on any atom is 0.409 e. The van der Waals surface area contributed by atoms with Gasteiger partial charge in [0, 0.05) is 38.0 Å². The number of para-hydroxylation sites is 2. The molecule has 0 radical (unpaired) electrons. The highest BCUT2D eigenvalue weighted by atomic mass is 16.6. The van der Waals surface area contributed by atoms with Gasteiger partial charge < -0.3 is 19.5 Å². The molecular formula is C21H28N4O3. The first-order valence-electron chi connectivity index (χ1n) is 10.3. The standard InChI is InChI=1S/C21H28N4O3/c1-2-28-21(27)25-13-9-16(10-14-25)20(26)24-11-7-15(8-12-24)19-22-17-5-3-4-6-18(17)23-19/h3-6,15-16H,2,7-14H2,1H3,(H,22,23). The predicted octanol–water partition coefficient (Wildman–Crippen LogP) is 3.14. The average Bonchev–Trinajstić information content (AvgIpc) is 3.18. The van der Waals surface area contributed by atoms with Gasteiger partial charge in [0.2, 0.25) is 5.91 Å². The lowest BCUT2D eigenvalue weighted by Gasteiger charge is -2.36. The Balaban J connectivity index is 1.29. The van der Waals surface area contributed by atoms with Crippen molar-refractivity contribution in [2.75, 3.05) is 32.8 Å². The highest BCUT2D eigenvalue weighted by molar-refractivity contribution is 5.79. The van der Waals surface area contributed by atoms with Crippen LogP contribution in [0.15, 0.2) is 24.3 Å². The Labute approximate surface area is 165 Å². The van der Waals surface area contributed by atoms with Crippen molar-refractivity contribution in [3.05, 3.63) is 30.1 Å². The van der Waals surface area contributed by atoms with E-state index < -0.39 is 0 Å². The Morgan fingerprint density at radius 3 is 2.43 bits per heavy atom. The van der Waals surface area contributed by atoms with Crippen LogP contribution in [0.25, 0.3) is 11.0 Å². The van der Waals surface area contributed by atoms with Crippen LogP contribution in [0.2, 0.25) is 0 Å². The van der Waals surface area contributed by atoms with Crippen molar-refractivity contribution in [1.29, 1.82) is 0 Å². The van der Waals surface area contributed by atoms with Crippen molar-refractivity contribution in [3.63, 3.8) is 0 Å². The fourth-order valence-electron chi connectivity index (χ4n) is 4.32. The molecular weight excluding hydrogens is 356 g/mol. The fraction of sp³-hybridized carbons (Fsp3) is 0.571. The third-order valence-corrected chi connectivity index (χ3v) is 5.97. The molecule has 2 aliphatic heterocycles. The smallest absolute Gasteiger partial charge is 0.409 e. The number of nitrogens with one attached hydrogen (secondary N) is 1. The SMILES string of the molecule is CCOC(=O)N1CCC(C(=O)N2CCC(c3nc4ccccc4[nH]3)CC2)CC1. The van der Waals surface area contributed by atoms with Gasteiger partial charge in [-0.05, 0) is 44.7 Å². The van der Waals surface area contributed by atoms with E-state index in [1.807, 2.05) is 36.1 Å². The van der Waals surface area contributed by atoms with E-state index in [0.717, 1.165) is 55.6 Å². The molecule has 7 heteroatoms. The van der Waals surface area contributed by atoms with Crippen LogP contribution in [0.3, 0.4) is 0 Å². The number of carbonyl (C=O) groups excluding carboxylic acids is 2. The van der Waals surface area contributed by atoms with Crippen LogP contribution < -0.4 is 0 Å². The number of benzene rings is 1. The molecule has 1 N–H and O–H groups in total. The van der Waals surface area contributed by atoms with E-state index in [9.17, 15) is 9.59 Å². The van der Waals surface area contributed by atoms with Gasteiger partial charge in [-0.1, -0.05) is 12.1 Å². The zero-order valence-corrected chi connectivity index (χ0v) is 16.4. The van der Waals surface area contributed by atoms with Crippen molar-refractivity contribution in [1.82, 2.24) is 19.8 Å². The monoisotopic (exact) mass is 384 g/mol. The molecule has 2 amide bonds. The van der Waals surface area contributed by atoms with E-state index in [2.05, 4.69) is 4.98 Å². The lowest BCUT2D eigenvalue weighted by Crippen LogP contribution is -2.46. The molecule has 28 heavy (non-hydrogen) atoms. The maximum absolute atomic E-state index is 12.9. The van der Waals surface area contributed by atoms with E-state index in [1.165, 1.54) is 0 Å². The first-order chi connectivity index (χ1) is 13.7. The Morgan fingerprint density at radius 1 is 1.07 bits per heavy atom. The van der Waals surface area contributed by atoms with Crippen LogP contribution in [-0.2, 0) is 9.53 Å². The van der Waals surface area contributed by atoms with E-state index in [4.69, 9.17) is 9.72 Å². The summed E-state index contributed by atoms with van der Waals surface area (Å²) in [6.45, 7) is 4.95. The van der Waals surface area contributed by atoms with E-state index in [1.54, 1.807) is 4.90 Å². The number of ether oxygens (including phenoxy) is 1. The van der Waals surface area contributed by atoms with Crippen molar-refractivity contribution < 1.29 is 14.3 Å². The molecule has 2 saturated heterocycles. The number of nitrogens with zero attached hydrogens (tertiary/aromatic N) is 3. The zero-order valence-electron chi connectivity index (χ0n) is 16.4. The first-order valence-corrected chi connectivity index (χ1v) is 10.3. The minimum Gasteiger partial charge on any atom is -0.450 e. The number of aromatic nitrogens is 2. The van der Waals surface area contributed by atoms with Crippen molar-refractivity contribution in [2.24, 2.45) is 5.92 Å². The van der Waals surface area contributed by atoms with Gasteiger partial charge in [-0.2, -0.15) is 0 Å². The summed E-state index contributed by atoms with van der Waals surface area (Å²) in [7, 11) is 0. The largest absolute Gasteiger partial charge is 0.450 e. The minimum absolute atomic E-state index is 0.0217. The Hall–Kier alpha value is -2.57. The van der Waals surface area contributed by atoms with Crippen molar-refractivity contribution in [3.8, 4) is 0 Å². The number of amides is 2. The predicted molar refractivity (Wildman–Crippen MR) is 106 cm³/mol. The highest BCUT2D eigenvalue weighted by Gasteiger charge is 2.33. The molecule has 4 rings (SSSR count). The number of carbonyl (C=O) groups is 2. The molecule has 150 valence electrons. The third-order valence-electron chi connectivity index (χ3n) is 5.97. The van der Waals surface area contributed by atoms with Crippen LogP contribution in [0.1, 0.15) is 44.3 Å². The van der Waals surface area contributed by atoms with Gasteiger partial charge in [-0.3, -0.25) is 4.79 Å². The minimum atomic E-state index is -0.264. The number of piperidine rings is 2. The first kappa shape index (κ1) is 18.8. The van der Waals surface area contributed by atoms with E-state index >= 15 is 0 Å². The lowest BCUT2D eigenvalue weighted by atomic mass is 9.92. The van der Waals surface area contributed by atoms with Gasteiger partial charge in [0.25, 0.3) is 0 Å². The van der Waals surface area contributed by atoms with Gasteiger partial charge in [0.1, 0.15) is 5.82 Å². The maximum atomic E-state index is 12.9. The van der Waals surface area contributed by atoms with E-state index in [0.29, 0.717) is 25.6 Å². The Bertz CT molecular complexity index is 800. The molecule has 7 nitrogen and oxygen atoms in total. The van der Waals surface area contributed by atoms with Crippen molar-refractivity contribution in [2.45, 2.75) is 38.5 Å². The van der Waals surface area contributed by atoms with Gasteiger partial charge in [-0.15, -0.1) is 0 Å². The molecule has 0 saturated carbocycles. The highest BCUT2D eigenvalue weighted by Crippen LogP contribution is 2.29. The Kier molecular flexibility index (Phi) is 5.50. The molecule has 2 aromatic rings. The van der Waals surface area contributed by atoms with Crippen LogP contribution in [0.4, 0.5) is 4.79 Å². The summed E-state index contributed by atoms with van der Waals surface area (Å²) in [5, 5.41) is 0. The summed E-state index contributed by atoms with van der Waals surface area (Å²) in [6, 6.07) is 8.09. The summed E-state index contributed by atoms with van der Waals surface area (Å²) in [4.78, 5) is 36.6. The Morgan fingerprint density at radius 2 is 1.75 bits per heavy atom. The number of imidazole rings is 1. The van der Waals surface area contributed by atoms with E-state index in [-0.39, 0.29) is 17.9 Å². The average molecular weight is 384 g/mol. The number of likely N-dealkylation sites (tertiary alicyclic amines) is 2. The number of hydrogen-bond donors (Lipinski definition) is 1. The molecule has 0 atom stereocenters. The second-order valence-electron chi connectivity index (χ2n) is 7.70. The van der Waals surface area contributed by atoms with Crippen LogP contribution in [0.5, 0.6) is 0 Å². The second kappa shape index (κ2) is 8.20. The number of H-pyrrole nitrogens is 1. The van der Waals surface area contributed by atoms with Crippen LogP contribution in [-0.4, -0.2) is 64.6 Å². The summed E-state index contributed by atoms with van der Waals surface area (Å²) in [5.41, 5.74) is 2.08. The number of aromatic amines is 1. The summed E-state index contributed by atoms with van der Waals surface area (Å²) >= 11 is 0. The summed E-state index contributed by atoms with van der Waals surface area (Å²) in [6.07, 6.45) is 3.06. The molecule has 1 aromatic heterocycles. The second-order valence-corrected chi connectivity index (χ2v) is 7.70. The van der Waals surface area contributed by atoms with Gasteiger partial charge in [0.15, 0.2) is 0 Å². The summed E-state index contributed by atoms with van der Waals surface area (Å²) < 4.78 is 5.05. The molecule has 3 heterocycles. The number of fused-ring (bicyclic) bond motifs is 1. The topological polar surface area (TPSA) is 78.5 Å². The molecule has 0 bridgehead atoms. The molecule has 1 aromatic carbocycles. The fourth-order valence-corrected chi connectivity index (χ4v) is 4.32. The number of hydrogen-bond acceptors (Lipinski definition) is 4. The van der Waals surface area contributed by atoms with Crippen LogP contribution >= 0.6 is 0 Å². The molecule has 0 spiro atoms. The van der Waals surface area contributed by atoms with Gasteiger partial charge in [-0.25, -0.2) is 9.78 Å². The molecule has 2 aliphatic rings. The zero-order chi connectivity index (χ0) is 19.5. The van der Waals surface area contributed by atoms with Crippen LogP contribution in [0, 0.1) is 5.92 Å².